The van der Waals surface area contributed by atoms with E-state index < -0.39 is 15.8 Å². The van der Waals surface area contributed by atoms with Crippen LogP contribution in [0.4, 0.5) is 4.39 Å². The van der Waals surface area contributed by atoms with Gasteiger partial charge in [0, 0.05) is 31.1 Å². The topological polar surface area (TPSA) is 59.5 Å². The van der Waals surface area contributed by atoms with Gasteiger partial charge >= 0.3 is 0 Å². The number of pyridine rings is 1. The number of rotatable bonds is 4. The molecular formula is C18H19FN2O3S. The van der Waals surface area contributed by atoms with Gasteiger partial charge in [0.05, 0.1) is 6.20 Å². The molecule has 0 saturated carbocycles. The van der Waals surface area contributed by atoms with E-state index in [1.54, 1.807) is 18.5 Å². The SMILES string of the molecule is O=S(=O)(c1ccccc1F)N1C2CCC1CC(Oc1cccnc1)C2. The van der Waals surface area contributed by atoms with Gasteiger partial charge in [-0.2, -0.15) is 4.31 Å². The molecule has 3 heterocycles. The van der Waals surface area contributed by atoms with Gasteiger partial charge in [0.1, 0.15) is 22.6 Å². The van der Waals surface area contributed by atoms with E-state index in [-0.39, 0.29) is 23.1 Å². The Kier molecular flexibility index (Phi) is 4.21. The summed E-state index contributed by atoms with van der Waals surface area (Å²) >= 11 is 0. The summed E-state index contributed by atoms with van der Waals surface area (Å²) < 4.78 is 47.5. The van der Waals surface area contributed by atoms with Crippen LogP contribution in [-0.4, -0.2) is 35.9 Å². The van der Waals surface area contributed by atoms with Gasteiger partial charge in [0.2, 0.25) is 10.0 Å². The molecule has 0 aliphatic carbocycles. The van der Waals surface area contributed by atoms with Crippen LogP contribution in [0, 0.1) is 5.82 Å². The summed E-state index contributed by atoms with van der Waals surface area (Å²) in [5.41, 5.74) is 0. The van der Waals surface area contributed by atoms with Crippen LogP contribution in [0.1, 0.15) is 25.7 Å². The van der Waals surface area contributed by atoms with Gasteiger partial charge < -0.3 is 4.74 Å². The van der Waals surface area contributed by atoms with Crippen molar-refractivity contribution < 1.29 is 17.5 Å². The van der Waals surface area contributed by atoms with E-state index in [0.29, 0.717) is 18.6 Å². The first kappa shape index (κ1) is 16.5. The molecule has 1 aromatic heterocycles. The third kappa shape index (κ3) is 3.02. The monoisotopic (exact) mass is 362 g/mol. The van der Waals surface area contributed by atoms with Gasteiger partial charge in [0.25, 0.3) is 0 Å². The number of ether oxygens (including phenoxy) is 1. The molecule has 2 unspecified atom stereocenters. The predicted octanol–water partition coefficient (Wildman–Crippen LogP) is 2.98. The molecule has 2 aliphatic heterocycles. The van der Waals surface area contributed by atoms with E-state index >= 15 is 0 Å². The second kappa shape index (κ2) is 6.38. The molecule has 25 heavy (non-hydrogen) atoms. The molecule has 0 amide bonds. The minimum absolute atomic E-state index is 0.0474. The first-order valence-corrected chi connectivity index (χ1v) is 9.84. The predicted molar refractivity (Wildman–Crippen MR) is 90.1 cm³/mol. The molecule has 1 aromatic carbocycles. The lowest BCUT2D eigenvalue weighted by molar-refractivity contribution is 0.0952. The molecule has 2 aromatic rings. The third-order valence-electron chi connectivity index (χ3n) is 4.95. The van der Waals surface area contributed by atoms with E-state index in [0.717, 1.165) is 12.8 Å². The maximum atomic E-state index is 14.0. The van der Waals surface area contributed by atoms with Crippen molar-refractivity contribution >= 4 is 10.0 Å². The van der Waals surface area contributed by atoms with Crippen LogP contribution < -0.4 is 4.74 Å². The summed E-state index contributed by atoms with van der Waals surface area (Å²) in [6.07, 6.45) is 6.08. The van der Waals surface area contributed by atoms with E-state index in [1.807, 2.05) is 12.1 Å². The average Bonchev–Trinajstić information content (AvgIpc) is 2.89. The fourth-order valence-electron chi connectivity index (χ4n) is 3.95. The second-order valence-electron chi connectivity index (χ2n) is 6.55. The molecule has 0 N–H and O–H groups in total. The minimum Gasteiger partial charge on any atom is -0.489 e. The molecule has 2 fully saturated rings. The van der Waals surface area contributed by atoms with Crippen LogP contribution >= 0.6 is 0 Å². The molecule has 2 saturated heterocycles. The summed E-state index contributed by atoms with van der Waals surface area (Å²) in [5.74, 6) is -0.00653. The highest BCUT2D eigenvalue weighted by Crippen LogP contribution is 2.41. The Labute approximate surface area is 146 Å². The lowest BCUT2D eigenvalue weighted by Gasteiger charge is -2.37. The Hall–Kier alpha value is -1.99. The van der Waals surface area contributed by atoms with Crippen molar-refractivity contribution in [2.24, 2.45) is 0 Å². The van der Waals surface area contributed by atoms with Crippen molar-refractivity contribution in [2.45, 2.75) is 48.8 Å². The molecular weight excluding hydrogens is 343 g/mol. The largest absolute Gasteiger partial charge is 0.489 e. The first-order valence-electron chi connectivity index (χ1n) is 8.40. The number of fused-ring (bicyclic) bond motifs is 2. The van der Waals surface area contributed by atoms with Gasteiger partial charge in [-0.1, -0.05) is 12.1 Å². The summed E-state index contributed by atoms with van der Waals surface area (Å²) in [5, 5.41) is 0. The van der Waals surface area contributed by atoms with Crippen LogP contribution in [0.3, 0.4) is 0 Å². The summed E-state index contributed by atoms with van der Waals surface area (Å²) in [6, 6.07) is 8.93. The van der Waals surface area contributed by atoms with Crippen LogP contribution in [0.2, 0.25) is 0 Å². The lowest BCUT2D eigenvalue weighted by atomic mass is 10.0. The van der Waals surface area contributed by atoms with E-state index in [1.165, 1.54) is 22.5 Å². The molecule has 132 valence electrons. The zero-order valence-corrected chi connectivity index (χ0v) is 14.4. The minimum atomic E-state index is -3.83. The van der Waals surface area contributed by atoms with Crippen molar-refractivity contribution in [3.05, 3.63) is 54.6 Å². The number of benzene rings is 1. The highest BCUT2D eigenvalue weighted by Gasteiger charge is 2.48. The highest BCUT2D eigenvalue weighted by molar-refractivity contribution is 7.89. The first-order chi connectivity index (χ1) is 12.1. The second-order valence-corrected chi connectivity index (χ2v) is 8.36. The van der Waals surface area contributed by atoms with Gasteiger partial charge in [-0.15, -0.1) is 0 Å². The van der Waals surface area contributed by atoms with E-state index in [2.05, 4.69) is 4.98 Å². The fourth-order valence-corrected chi connectivity index (χ4v) is 5.91. The summed E-state index contributed by atoms with van der Waals surface area (Å²) in [6.45, 7) is 0. The number of nitrogens with zero attached hydrogens (tertiary/aromatic N) is 2. The number of piperidine rings is 1. The molecule has 7 heteroatoms. The maximum Gasteiger partial charge on any atom is 0.246 e. The lowest BCUT2D eigenvalue weighted by Crippen LogP contribution is -2.49. The van der Waals surface area contributed by atoms with Crippen molar-refractivity contribution in [2.75, 3.05) is 0 Å². The standard InChI is InChI=1S/C18H19FN2O3S/c19-17-5-1-2-6-18(17)25(22,23)21-13-7-8-14(21)11-16(10-13)24-15-4-3-9-20-12-15/h1-6,9,12-14,16H,7-8,10-11H2. The number of hydrogen-bond acceptors (Lipinski definition) is 4. The van der Waals surface area contributed by atoms with Gasteiger partial charge in [-0.25, -0.2) is 12.8 Å². The van der Waals surface area contributed by atoms with E-state index in [9.17, 15) is 12.8 Å². The zero-order chi connectivity index (χ0) is 17.4. The Balaban J connectivity index is 1.56. The Bertz CT molecular complexity index is 846. The normalized spacial score (nSPS) is 26.5. The van der Waals surface area contributed by atoms with Crippen molar-refractivity contribution in [3.63, 3.8) is 0 Å². The van der Waals surface area contributed by atoms with E-state index in [4.69, 9.17) is 4.74 Å². The number of halogens is 1. The number of sulfonamides is 1. The molecule has 0 radical (unpaired) electrons. The van der Waals surface area contributed by atoms with Gasteiger partial charge in [0.15, 0.2) is 0 Å². The number of hydrogen-bond donors (Lipinski definition) is 0. The van der Waals surface area contributed by atoms with Crippen molar-refractivity contribution in [1.82, 2.24) is 9.29 Å². The van der Waals surface area contributed by atoms with Crippen LogP contribution in [0.25, 0.3) is 0 Å². The molecule has 0 spiro atoms. The molecule has 4 rings (SSSR count). The zero-order valence-electron chi connectivity index (χ0n) is 13.6. The smallest absolute Gasteiger partial charge is 0.246 e. The van der Waals surface area contributed by atoms with Gasteiger partial charge in [-0.05, 0) is 37.1 Å². The molecule has 2 aliphatic rings. The molecule has 2 atom stereocenters. The Morgan fingerprint density at radius 2 is 1.80 bits per heavy atom. The fraction of sp³-hybridized carbons (Fsp3) is 0.389. The summed E-state index contributed by atoms with van der Waals surface area (Å²) in [7, 11) is -3.83. The van der Waals surface area contributed by atoms with Crippen LogP contribution in [-0.2, 0) is 10.0 Å². The van der Waals surface area contributed by atoms with Crippen LogP contribution in [0.5, 0.6) is 5.75 Å². The molecule has 5 nitrogen and oxygen atoms in total. The quantitative estimate of drug-likeness (QED) is 0.839. The van der Waals surface area contributed by atoms with Gasteiger partial charge in [-0.3, -0.25) is 4.98 Å². The number of aromatic nitrogens is 1. The van der Waals surface area contributed by atoms with Crippen molar-refractivity contribution in [1.29, 1.82) is 0 Å². The highest BCUT2D eigenvalue weighted by atomic mass is 32.2. The average molecular weight is 362 g/mol. The third-order valence-corrected chi connectivity index (χ3v) is 6.99. The summed E-state index contributed by atoms with van der Waals surface area (Å²) in [4.78, 5) is 3.80. The van der Waals surface area contributed by atoms with Crippen molar-refractivity contribution in [3.8, 4) is 5.75 Å². The van der Waals surface area contributed by atoms with Crippen LogP contribution in [0.15, 0.2) is 53.7 Å². The maximum absolute atomic E-state index is 14.0. The Morgan fingerprint density at radius 3 is 2.44 bits per heavy atom. The molecule has 2 bridgehead atoms. The Morgan fingerprint density at radius 1 is 1.08 bits per heavy atom.